The maximum Gasteiger partial charge on any atom is 0.271 e. The molecule has 0 radical (unpaired) electrons. The maximum absolute atomic E-state index is 12.4. The molecule has 4 aromatic rings. The predicted molar refractivity (Wildman–Crippen MR) is 125 cm³/mol. The van der Waals surface area contributed by atoms with Crippen molar-refractivity contribution >= 4 is 23.0 Å². The highest BCUT2D eigenvalue weighted by molar-refractivity contribution is 6.00. The molecule has 6 nitrogen and oxygen atoms in total. The number of ether oxygens (including phenoxy) is 1. The van der Waals surface area contributed by atoms with E-state index in [2.05, 4.69) is 21.2 Å². The summed E-state index contributed by atoms with van der Waals surface area (Å²) >= 11 is 0. The van der Waals surface area contributed by atoms with Crippen LogP contribution in [0.3, 0.4) is 0 Å². The van der Waals surface area contributed by atoms with Crippen LogP contribution in [0, 0.1) is 11.3 Å². The Hall–Kier alpha value is -4.37. The molecule has 0 fully saturated rings. The normalized spacial score (nSPS) is 10.9. The summed E-state index contributed by atoms with van der Waals surface area (Å²) < 4.78 is 7.48. The summed E-state index contributed by atoms with van der Waals surface area (Å²) in [5, 5.41) is 14.6. The number of para-hydroxylation sites is 1. The van der Waals surface area contributed by atoms with E-state index in [0.29, 0.717) is 24.3 Å². The van der Waals surface area contributed by atoms with Gasteiger partial charge in [0.1, 0.15) is 5.75 Å². The molecule has 0 saturated carbocycles. The largest absolute Gasteiger partial charge is 0.494 e. The minimum absolute atomic E-state index is 0.295. The highest BCUT2D eigenvalue weighted by atomic mass is 16.5. The van der Waals surface area contributed by atoms with Crippen LogP contribution in [0.2, 0.25) is 0 Å². The average molecular weight is 422 g/mol. The van der Waals surface area contributed by atoms with Crippen molar-refractivity contribution in [2.24, 2.45) is 5.10 Å². The first kappa shape index (κ1) is 20.9. The van der Waals surface area contributed by atoms with Crippen molar-refractivity contribution in [3.05, 3.63) is 101 Å². The van der Waals surface area contributed by atoms with Crippen LogP contribution in [0.15, 0.2) is 84.1 Å². The van der Waals surface area contributed by atoms with Crippen molar-refractivity contribution in [2.75, 3.05) is 6.61 Å². The predicted octanol–water partition coefficient (Wildman–Crippen LogP) is 4.72. The standard InChI is InChI=1S/C26H22N4O2/c1-2-32-23-13-11-19(12-14-23)26(31)29-28-16-22-18-30(25-10-6-5-9-24(22)25)17-21-8-4-3-7-20(21)15-27/h3-14,16,18H,2,17H2,1H3,(H,29,31)/b28-16-. The fraction of sp³-hybridized carbons (Fsp3) is 0.115. The molecule has 32 heavy (non-hydrogen) atoms. The van der Waals surface area contributed by atoms with Crippen LogP contribution in [-0.2, 0) is 6.54 Å². The lowest BCUT2D eigenvalue weighted by molar-refractivity contribution is 0.0955. The first-order valence-corrected chi connectivity index (χ1v) is 10.3. The second-order valence-corrected chi connectivity index (χ2v) is 7.15. The van der Waals surface area contributed by atoms with Crippen LogP contribution in [0.25, 0.3) is 10.9 Å². The maximum atomic E-state index is 12.4. The van der Waals surface area contributed by atoms with E-state index in [1.807, 2.05) is 61.7 Å². The first-order valence-electron chi connectivity index (χ1n) is 10.3. The number of nitrogens with zero attached hydrogens (tertiary/aromatic N) is 3. The Labute approximate surface area is 186 Å². The van der Waals surface area contributed by atoms with E-state index in [9.17, 15) is 10.1 Å². The average Bonchev–Trinajstić information content (AvgIpc) is 3.17. The number of rotatable bonds is 7. The van der Waals surface area contributed by atoms with Crippen molar-refractivity contribution < 1.29 is 9.53 Å². The van der Waals surface area contributed by atoms with Gasteiger partial charge in [0.15, 0.2) is 0 Å². The molecule has 3 aromatic carbocycles. The third-order valence-electron chi connectivity index (χ3n) is 5.10. The summed E-state index contributed by atoms with van der Waals surface area (Å²) in [7, 11) is 0. The van der Waals surface area contributed by atoms with E-state index in [0.717, 1.165) is 27.8 Å². The van der Waals surface area contributed by atoms with Gasteiger partial charge in [-0.25, -0.2) is 5.43 Å². The summed E-state index contributed by atoms with van der Waals surface area (Å²) in [6, 6.07) is 24.7. The molecular formula is C26H22N4O2. The summed E-state index contributed by atoms with van der Waals surface area (Å²) in [4.78, 5) is 12.4. The lowest BCUT2D eigenvalue weighted by Crippen LogP contribution is -2.17. The van der Waals surface area contributed by atoms with Crippen molar-refractivity contribution in [1.29, 1.82) is 5.26 Å². The number of hydrazone groups is 1. The highest BCUT2D eigenvalue weighted by Gasteiger charge is 2.10. The van der Waals surface area contributed by atoms with E-state index in [4.69, 9.17) is 4.74 Å². The summed E-state index contributed by atoms with van der Waals surface area (Å²) in [6.07, 6.45) is 3.62. The van der Waals surface area contributed by atoms with Gasteiger partial charge in [-0.15, -0.1) is 0 Å². The number of hydrogen-bond donors (Lipinski definition) is 1. The van der Waals surface area contributed by atoms with Crippen molar-refractivity contribution in [1.82, 2.24) is 9.99 Å². The van der Waals surface area contributed by atoms with Gasteiger partial charge in [-0.2, -0.15) is 10.4 Å². The molecule has 0 unspecified atom stereocenters. The third-order valence-corrected chi connectivity index (χ3v) is 5.10. The fourth-order valence-corrected chi connectivity index (χ4v) is 3.55. The summed E-state index contributed by atoms with van der Waals surface area (Å²) in [5.74, 6) is 0.425. The van der Waals surface area contributed by atoms with Gasteiger partial charge in [-0.05, 0) is 48.9 Å². The molecule has 0 aliphatic heterocycles. The molecule has 0 saturated heterocycles. The molecule has 0 bridgehead atoms. The molecule has 0 aliphatic carbocycles. The van der Waals surface area contributed by atoms with E-state index < -0.39 is 0 Å². The van der Waals surface area contributed by atoms with Gasteiger partial charge in [0.05, 0.1) is 24.5 Å². The van der Waals surface area contributed by atoms with Crippen molar-refractivity contribution in [3.8, 4) is 11.8 Å². The Morgan fingerprint density at radius 1 is 1.09 bits per heavy atom. The lowest BCUT2D eigenvalue weighted by atomic mass is 10.1. The second-order valence-electron chi connectivity index (χ2n) is 7.15. The quantitative estimate of drug-likeness (QED) is 0.346. The Bertz CT molecular complexity index is 1310. The van der Waals surface area contributed by atoms with Gasteiger partial charge in [0, 0.05) is 34.8 Å². The van der Waals surface area contributed by atoms with Gasteiger partial charge in [-0.3, -0.25) is 4.79 Å². The molecule has 6 heteroatoms. The number of nitriles is 1. The van der Waals surface area contributed by atoms with E-state index in [-0.39, 0.29) is 5.91 Å². The van der Waals surface area contributed by atoms with Gasteiger partial charge in [-0.1, -0.05) is 36.4 Å². The van der Waals surface area contributed by atoms with E-state index in [1.54, 1.807) is 30.5 Å². The number of hydrogen-bond acceptors (Lipinski definition) is 4. The van der Waals surface area contributed by atoms with Crippen molar-refractivity contribution in [2.45, 2.75) is 13.5 Å². The van der Waals surface area contributed by atoms with Gasteiger partial charge >= 0.3 is 0 Å². The zero-order valence-electron chi connectivity index (χ0n) is 17.7. The molecule has 1 heterocycles. The molecule has 158 valence electrons. The summed E-state index contributed by atoms with van der Waals surface area (Å²) in [5.41, 5.74) is 6.59. The molecule has 1 aromatic heterocycles. The number of carbonyl (C=O) groups excluding carboxylic acids is 1. The molecule has 0 atom stereocenters. The van der Waals surface area contributed by atoms with Gasteiger partial charge < -0.3 is 9.30 Å². The minimum atomic E-state index is -0.295. The first-order chi connectivity index (χ1) is 15.7. The van der Waals surface area contributed by atoms with Crippen LogP contribution in [-0.4, -0.2) is 23.3 Å². The smallest absolute Gasteiger partial charge is 0.271 e. The number of benzene rings is 3. The Kier molecular flexibility index (Phi) is 6.28. The minimum Gasteiger partial charge on any atom is -0.494 e. The Morgan fingerprint density at radius 3 is 2.62 bits per heavy atom. The summed E-state index contributed by atoms with van der Waals surface area (Å²) in [6.45, 7) is 3.05. The van der Waals surface area contributed by atoms with Crippen molar-refractivity contribution in [3.63, 3.8) is 0 Å². The van der Waals surface area contributed by atoms with Crippen LogP contribution in [0.5, 0.6) is 5.75 Å². The number of carbonyl (C=O) groups is 1. The van der Waals surface area contributed by atoms with Crippen LogP contribution < -0.4 is 10.2 Å². The Balaban J connectivity index is 1.54. The molecule has 4 rings (SSSR count). The molecular weight excluding hydrogens is 400 g/mol. The molecule has 1 N–H and O–H groups in total. The number of nitrogens with one attached hydrogen (secondary N) is 1. The fourth-order valence-electron chi connectivity index (χ4n) is 3.55. The lowest BCUT2D eigenvalue weighted by Gasteiger charge is -2.07. The molecule has 1 amide bonds. The monoisotopic (exact) mass is 422 g/mol. The van der Waals surface area contributed by atoms with Crippen LogP contribution in [0.1, 0.15) is 34.0 Å². The second kappa shape index (κ2) is 9.63. The molecule has 0 aliphatic rings. The zero-order valence-corrected chi connectivity index (χ0v) is 17.7. The SMILES string of the molecule is CCOc1ccc(C(=O)N/N=C\c2cn(Cc3ccccc3C#N)c3ccccc23)cc1. The van der Waals surface area contributed by atoms with Gasteiger partial charge in [0.25, 0.3) is 5.91 Å². The van der Waals surface area contributed by atoms with E-state index in [1.165, 1.54) is 0 Å². The topological polar surface area (TPSA) is 79.4 Å². The number of aromatic nitrogens is 1. The van der Waals surface area contributed by atoms with Crippen LogP contribution in [0.4, 0.5) is 0 Å². The third kappa shape index (κ3) is 4.52. The van der Waals surface area contributed by atoms with Crippen LogP contribution >= 0.6 is 0 Å². The number of fused-ring (bicyclic) bond motifs is 1. The Morgan fingerprint density at radius 2 is 1.84 bits per heavy atom. The van der Waals surface area contributed by atoms with E-state index >= 15 is 0 Å². The highest BCUT2D eigenvalue weighted by Crippen LogP contribution is 2.22. The van der Waals surface area contributed by atoms with Gasteiger partial charge in [0.2, 0.25) is 0 Å². The zero-order chi connectivity index (χ0) is 22.3. The molecule has 0 spiro atoms. The number of amides is 1.